The van der Waals surface area contributed by atoms with Gasteiger partial charge in [-0.15, -0.1) is 0 Å². The second kappa shape index (κ2) is 4.33. The summed E-state index contributed by atoms with van der Waals surface area (Å²) in [5, 5.41) is 0.304. The lowest BCUT2D eigenvalue weighted by Crippen LogP contribution is -2.47. The van der Waals surface area contributed by atoms with E-state index in [4.69, 9.17) is 4.53 Å². The van der Waals surface area contributed by atoms with E-state index in [-0.39, 0.29) is 0 Å². The van der Waals surface area contributed by atoms with Crippen LogP contribution in [0.3, 0.4) is 0 Å². The van der Waals surface area contributed by atoms with Crippen molar-refractivity contribution in [1.82, 2.24) is 5.48 Å². The van der Waals surface area contributed by atoms with Gasteiger partial charge in [0.2, 0.25) is 8.32 Å². The molecule has 0 spiro atoms. The SMILES string of the molecule is CC(C)(C)[Si](C)(C)ONC1CCCC1. The summed E-state index contributed by atoms with van der Waals surface area (Å²) in [6.45, 7) is 11.4. The molecule has 3 heteroatoms. The summed E-state index contributed by atoms with van der Waals surface area (Å²) in [5.41, 5.74) is 3.29. The quantitative estimate of drug-likeness (QED) is 0.575. The molecule has 84 valence electrons. The van der Waals surface area contributed by atoms with Gasteiger partial charge >= 0.3 is 0 Å². The Balaban J connectivity index is 2.35. The predicted octanol–water partition coefficient (Wildman–Crippen LogP) is 3.46. The van der Waals surface area contributed by atoms with Crippen molar-refractivity contribution in [2.75, 3.05) is 0 Å². The standard InChI is InChI=1S/C11H25NOSi/c1-11(2,3)14(4,5)13-12-10-8-6-7-9-10/h10,12H,6-9H2,1-5H3. The highest BCUT2D eigenvalue weighted by Crippen LogP contribution is 2.36. The molecule has 0 bridgehead atoms. The zero-order chi connectivity index (χ0) is 10.8. The van der Waals surface area contributed by atoms with Gasteiger partial charge in [0.05, 0.1) is 0 Å². The van der Waals surface area contributed by atoms with Gasteiger partial charge in [-0.2, -0.15) is 0 Å². The highest BCUT2D eigenvalue weighted by atomic mass is 28.4. The molecule has 1 saturated carbocycles. The third-order valence-electron chi connectivity index (χ3n) is 3.64. The first-order chi connectivity index (χ1) is 6.33. The van der Waals surface area contributed by atoms with Gasteiger partial charge in [-0.25, -0.2) is 5.48 Å². The van der Waals surface area contributed by atoms with E-state index >= 15 is 0 Å². The van der Waals surface area contributed by atoms with Gasteiger partial charge in [-0.1, -0.05) is 33.6 Å². The average Bonchev–Trinajstić information content (AvgIpc) is 2.50. The van der Waals surface area contributed by atoms with Crippen molar-refractivity contribution in [3.05, 3.63) is 0 Å². The highest BCUT2D eigenvalue weighted by Gasteiger charge is 2.38. The molecule has 0 aliphatic heterocycles. The Morgan fingerprint density at radius 2 is 1.64 bits per heavy atom. The van der Waals surface area contributed by atoms with E-state index in [1.54, 1.807) is 0 Å². The first kappa shape index (κ1) is 12.2. The van der Waals surface area contributed by atoms with Crippen LogP contribution < -0.4 is 5.48 Å². The van der Waals surface area contributed by atoms with Crippen LogP contribution in [0.4, 0.5) is 0 Å². The Kier molecular flexibility index (Phi) is 3.78. The number of nitrogens with one attached hydrogen (secondary N) is 1. The molecule has 0 amide bonds. The van der Waals surface area contributed by atoms with Crippen molar-refractivity contribution in [3.63, 3.8) is 0 Å². The Morgan fingerprint density at radius 3 is 2.07 bits per heavy atom. The molecule has 0 heterocycles. The van der Waals surface area contributed by atoms with E-state index in [1.165, 1.54) is 25.7 Å². The molecule has 1 aliphatic rings. The molecular weight excluding hydrogens is 190 g/mol. The van der Waals surface area contributed by atoms with Crippen LogP contribution in [-0.2, 0) is 4.53 Å². The third-order valence-corrected chi connectivity index (χ3v) is 7.88. The van der Waals surface area contributed by atoms with Gasteiger partial charge in [-0.05, 0) is 31.0 Å². The largest absolute Gasteiger partial charge is 0.345 e. The normalized spacial score (nSPS) is 20.4. The predicted molar refractivity (Wildman–Crippen MR) is 63.7 cm³/mol. The van der Waals surface area contributed by atoms with Crippen LogP contribution in [0.5, 0.6) is 0 Å². The summed E-state index contributed by atoms with van der Waals surface area (Å²) in [6, 6.07) is 0.615. The van der Waals surface area contributed by atoms with E-state index in [0.29, 0.717) is 11.1 Å². The topological polar surface area (TPSA) is 21.3 Å². The lowest BCUT2D eigenvalue weighted by molar-refractivity contribution is 0.137. The van der Waals surface area contributed by atoms with Gasteiger partial charge in [0.15, 0.2) is 0 Å². The van der Waals surface area contributed by atoms with E-state index in [9.17, 15) is 0 Å². The maximum Gasteiger partial charge on any atom is 0.219 e. The zero-order valence-electron chi connectivity index (χ0n) is 10.3. The van der Waals surface area contributed by atoms with Crippen molar-refractivity contribution >= 4 is 8.32 Å². The Labute approximate surface area is 89.5 Å². The van der Waals surface area contributed by atoms with Crippen molar-refractivity contribution in [2.24, 2.45) is 0 Å². The molecule has 0 saturated heterocycles. The fourth-order valence-corrected chi connectivity index (χ4v) is 2.19. The molecular formula is C11H25NOSi. The highest BCUT2D eigenvalue weighted by molar-refractivity contribution is 6.74. The van der Waals surface area contributed by atoms with Crippen LogP contribution in [0.1, 0.15) is 46.5 Å². The molecule has 0 radical (unpaired) electrons. The minimum atomic E-state index is -1.58. The van der Waals surface area contributed by atoms with Crippen LogP contribution in [0.15, 0.2) is 0 Å². The first-order valence-corrected chi connectivity index (χ1v) is 8.67. The van der Waals surface area contributed by atoms with Crippen LogP contribution in [0, 0.1) is 0 Å². The molecule has 0 aromatic heterocycles. The second-order valence-electron chi connectivity index (χ2n) is 5.96. The summed E-state index contributed by atoms with van der Waals surface area (Å²) < 4.78 is 5.97. The Morgan fingerprint density at radius 1 is 1.14 bits per heavy atom. The molecule has 1 N–H and O–H groups in total. The summed E-state index contributed by atoms with van der Waals surface area (Å²) in [6.07, 6.45) is 5.29. The number of hydrogen-bond acceptors (Lipinski definition) is 2. The van der Waals surface area contributed by atoms with Gasteiger partial charge < -0.3 is 4.53 Å². The smallest absolute Gasteiger partial charge is 0.219 e. The van der Waals surface area contributed by atoms with Gasteiger partial charge in [0.25, 0.3) is 0 Å². The summed E-state index contributed by atoms with van der Waals surface area (Å²) >= 11 is 0. The molecule has 1 rings (SSSR count). The summed E-state index contributed by atoms with van der Waals surface area (Å²) in [7, 11) is -1.58. The fourth-order valence-electron chi connectivity index (χ4n) is 1.43. The summed E-state index contributed by atoms with van der Waals surface area (Å²) in [4.78, 5) is 0. The van der Waals surface area contributed by atoms with Crippen LogP contribution in [0.25, 0.3) is 0 Å². The molecule has 0 unspecified atom stereocenters. The average molecular weight is 215 g/mol. The molecule has 1 aliphatic carbocycles. The lowest BCUT2D eigenvalue weighted by Gasteiger charge is -2.36. The first-order valence-electron chi connectivity index (χ1n) is 5.76. The Hall–Kier alpha value is 0.137. The third kappa shape index (κ3) is 3.07. The monoisotopic (exact) mass is 215 g/mol. The van der Waals surface area contributed by atoms with Crippen molar-refractivity contribution in [3.8, 4) is 0 Å². The minimum Gasteiger partial charge on any atom is -0.345 e. The van der Waals surface area contributed by atoms with Crippen LogP contribution in [0.2, 0.25) is 18.1 Å². The van der Waals surface area contributed by atoms with Gasteiger partial charge in [-0.3, -0.25) is 0 Å². The molecule has 2 nitrogen and oxygen atoms in total. The number of rotatable bonds is 3. The number of hydrogen-bond donors (Lipinski definition) is 1. The van der Waals surface area contributed by atoms with Crippen LogP contribution in [-0.4, -0.2) is 14.4 Å². The number of hydroxylamine groups is 1. The molecule has 14 heavy (non-hydrogen) atoms. The van der Waals surface area contributed by atoms with E-state index in [0.717, 1.165) is 0 Å². The fraction of sp³-hybridized carbons (Fsp3) is 1.00. The molecule has 0 aromatic carbocycles. The van der Waals surface area contributed by atoms with Gasteiger partial charge in [0, 0.05) is 6.04 Å². The lowest BCUT2D eigenvalue weighted by atomic mass is 10.2. The van der Waals surface area contributed by atoms with E-state index < -0.39 is 8.32 Å². The second-order valence-corrected chi connectivity index (χ2v) is 10.7. The minimum absolute atomic E-state index is 0.304. The molecule has 0 aromatic rings. The van der Waals surface area contributed by atoms with Crippen LogP contribution >= 0.6 is 0 Å². The van der Waals surface area contributed by atoms with E-state index in [1.807, 2.05) is 0 Å². The van der Waals surface area contributed by atoms with E-state index in [2.05, 4.69) is 39.3 Å². The molecule has 1 fully saturated rings. The molecule has 0 atom stereocenters. The van der Waals surface area contributed by atoms with Crippen molar-refractivity contribution in [2.45, 2.75) is 70.6 Å². The summed E-state index contributed by atoms with van der Waals surface area (Å²) in [5.74, 6) is 0. The van der Waals surface area contributed by atoms with Crippen molar-refractivity contribution in [1.29, 1.82) is 0 Å². The maximum absolute atomic E-state index is 5.97. The Bertz CT molecular complexity index is 180. The maximum atomic E-state index is 5.97. The van der Waals surface area contributed by atoms with Crippen molar-refractivity contribution < 1.29 is 4.53 Å². The van der Waals surface area contributed by atoms with Gasteiger partial charge in [0.1, 0.15) is 0 Å². The zero-order valence-corrected chi connectivity index (χ0v) is 11.3.